The van der Waals surface area contributed by atoms with Crippen LogP contribution in [0.5, 0.6) is 0 Å². The molecule has 0 spiro atoms. The van der Waals surface area contributed by atoms with E-state index in [9.17, 15) is 14.7 Å². The van der Waals surface area contributed by atoms with Gasteiger partial charge >= 0.3 is 5.97 Å². The maximum atomic E-state index is 12.6. The summed E-state index contributed by atoms with van der Waals surface area (Å²) in [5.74, 6) is -1.01. The molecule has 5 nitrogen and oxygen atoms in total. The third-order valence-electron chi connectivity index (χ3n) is 5.06. The zero-order valence-electron chi connectivity index (χ0n) is 12.1. The number of nitrogens with zero attached hydrogens (tertiary/aromatic N) is 1. The molecule has 2 aliphatic rings. The zero-order chi connectivity index (χ0) is 14.7. The second kappa shape index (κ2) is 6.57. The van der Waals surface area contributed by atoms with Gasteiger partial charge in [0.15, 0.2) is 0 Å². The molecule has 0 aromatic rings. The van der Waals surface area contributed by atoms with Crippen molar-refractivity contribution in [2.24, 2.45) is 23.7 Å². The van der Waals surface area contributed by atoms with Gasteiger partial charge < -0.3 is 15.1 Å². The minimum atomic E-state index is -0.829. The molecule has 2 N–H and O–H groups in total. The Morgan fingerprint density at radius 2 is 1.70 bits per heavy atom. The summed E-state index contributed by atoms with van der Waals surface area (Å²) in [5.41, 5.74) is 0. The smallest absolute Gasteiger partial charge is 0.307 e. The van der Waals surface area contributed by atoms with Gasteiger partial charge in [0.1, 0.15) is 0 Å². The fraction of sp³-hybridized carbons (Fsp3) is 0.867. The van der Waals surface area contributed by atoms with Crippen molar-refractivity contribution in [2.45, 2.75) is 39.0 Å². The highest BCUT2D eigenvalue weighted by Gasteiger charge is 2.43. The Hall–Kier alpha value is -1.10. The summed E-state index contributed by atoms with van der Waals surface area (Å²) in [6, 6.07) is 0. The maximum absolute atomic E-state index is 12.6. The van der Waals surface area contributed by atoms with Crippen LogP contribution in [0.4, 0.5) is 0 Å². The third kappa shape index (κ3) is 3.14. The molecule has 1 heterocycles. The topological polar surface area (TPSA) is 77.8 Å². The predicted octanol–water partition coefficient (Wildman–Crippen LogP) is 1.35. The Morgan fingerprint density at radius 1 is 1.10 bits per heavy atom. The van der Waals surface area contributed by atoms with E-state index in [4.69, 9.17) is 5.11 Å². The highest BCUT2D eigenvalue weighted by molar-refractivity contribution is 5.85. The summed E-state index contributed by atoms with van der Waals surface area (Å²) in [6.45, 7) is 3.55. The highest BCUT2D eigenvalue weighted by atomic mass is 16.4. The molecular weight excluding hydrogens is 258 g/mol. The van der Waals surface area contributed by atoms with Crippen LogP contribution in [0.2, 0.25) is 0 Å². The Balaban J connectivity index is 1.99. The molecule has 1 amide bonds. The first-order valence-electron chi connectivity index (χ1n) is 7.69. The van der Waals surface area contributed by atoms with E-state index in [1.165, 1.54) is 0 Å². The Bertz CT molecular complexity index is 363. The van der Waals surface area contributed by atoms with Gasteiger partial charge in [0.05, 0.1) is 11.8 Å². The van der Waals surface area contributed by atoms with Crippen LogP contribution in [0.15, 0.2) is 0 Å². The van der Waals surface area contributed by atoms with Crippen LogP contribution in [0.3, 0.4) is 0 Å². The Labute approximate surface area is 120 Å². The van der Waals surface area contributed by atoms with Crippen molar-refractivity contribution in [2.75, 3.05) is 19.7 Å². The molecular formula is C15H25NO4. The molecule has 1 unspecified atom stereocenters. The second-order valence-corrected chi connectivity index (χ2v) is 6.25. The highest BCUT2D eigenvalue weighted by Crippen LogP contribution is 2.39. The number of carboxylic acid groups (broad SMARTS) is 1. The van der Waals surface area contributed by atoms with E-state index in [0.29, 0.717) is 37.8 Å². The monoisotopic (exact) mass is 283 g/mol. The number of carboxylic acids is 1. The third-order valence-corrected chi connectivity index (χ3v) is 5.06. The number of aliphatic hydroxyl groups excluding tert-OH is 1. The number of carbonyl (C=O) groups excluding carboxylic acids is 1. The lowest BCUT2D eigenvalue weighted by Crippen LogP contribution is -2.44. The standard InChI is InChI=1S/C15H25NO4/c1-2-10-7-12(13(8-10)15(19)20)14(18)16-5-3-11(9-17)4-6-16/h10-13,17H,2-9H2,1H3,(H,19,20)/t10?,12-,13+/m0/s1. The van der Waals surface area contributed by atoms with Crippen molar-refractivity contribution >= 4 is 11.9 Å². The van der Waals surface area contributed by atoms with Gasteiger partial charge in [-0.3, -0.25) is 9.59 Å². The quantitative estimate of drug-likeness (QED) is 0.816. The van der Waals surface area contributed by atoms with Gasteiger partial charge in [-0.1, -0.05) is 13.3 Å². The van der Waals surface area contributed by atoms with Gasteiger partial charge in [0.2, 0.25) is 5.91 Å². The van der Waals surface area contributed by atoms with Crippen molar-refractivity contribution in [3.05, 3.63) is 0 Å². The molecule has 5 heteroatoms. The summed E-state index contributed by atoms with van der Waals surface area (Å²) in [6.07, 6.45) is 3.94. The van der Waals surface area contributed by atoms with E-state index in [2.05, 4.69) is 6.92 Å². The van der Waals surface area contributed by atoms with Crippen LogP contribution in [0, 0.1) is 23.7 Å². The van der Waals surface area contributed by atoms with Crippen molar-refractivity contribution in [1.29, 1.82) is 0 Å². The summed E-state index contributed by atoms with van der Waals surface area (Å²) >= 11 is 0. The molecule has 0 aromatic carbocycles. The summed E-state index contributed by atoms with van der Waals surface area (Å²) in [5, 5.41) is 18.4. The summed E-state index contributed by atoms with van der Waals surface area (Å²) in [4.78, 5) is 25.7. The largest absolute Gasteiger partial charge is 0.481 e. The minimum absolute atomic E-state index is 0.0183. The molecule has 1 aliphatic heterocycles. The van der Waals surface area contributed by atoms with Gasteiger partial charge in [-0.2, -0.15) is 0 Å². The van der Waals surface area contributed by atoms with Crippen molar-refractivity contribution in [3.63, 3.8) is 0 Å². The normalized spacial score (nSPS) is 31.5. The number of piperidine rings is 1. The van der Waals surface area contributed by atoms with Crippen LogP contribution in [-0.4, -0.2) is 46.7 Å². The zero-order valence-corrected chi connectivity index (χ0v) is 12.1. The molecule has 0 aromatic heterocycles. The van der Waals surface area contributed by atoms with Gasteiger partial charge in [-0.25, -0.2) is 0 Å². The summed E-state index contributed by atoms with van der Waals surface area (Å²) in [7, 11) is 0. The van der Waals surface area contributed by atoms with E-state index < -0.39 is 11.9 Å². The molecule has 20 heavy (non-hydrogen) atoms. The number of aliphatic carboxylic acids is 1. The molecule has 1 aliphatic carbocycles. The number of rotatable bonds is 4. The minimum Gasteiger partial charge on any atom is -0.481 e. The fourth-order valence-corrected chi connectivity index (χ4v) is 3.59. The van der Waals surface area contributed by atoms with Crippen LogP contribution in [-0.2, 0) is 9.59 Å². The number of amides is 1. The van der Waals surface area contributed by atoms with Crippen LogP contribution in [0.25, 0.3) is 0 Å². The molecule has 3 atom stereocenters. The number of hydrogen-bond acceptors (Lipinski definition) is 3. The molecule has 114 valence electrons. The van der Waals surface area contributed by atoms with E-state index in [-0.39, 0.29) is 18.4 Å². The van der Waals surface area contributed by atoms with Crippen molar-refractivity contribution < 1.29 is 19.8 Å². The number of likely N-dealkylation sites (tertiary alicyclic amines) is 1. The SMILES string of the molecule is CCC1C[C@H](C(=O)N2CCC(CO)CC2)[C@H](C(=O)O)C1. The lowest BCUT2D eigenvalue weighted by molar-refractivity contribution is -0.149. The van der Waals surface area contributed by atoms with Gasteiger partial charge in [-0.05, 0) is 37.5 Å². The predicted molar refractivity (Wildman–Crippen MR) is 74.0 cm³/mol. The average molecular weight is 283 g/mol. The first-order valence-corrected chi connectivity index (χ1v) is 7.69. The lowest BCUT2D eigenvalue weighted by Gasteiger charge is -2.33. The molecule has 2 fully saturated rings. The molecule has 1 saturated heterocycles. The first-order chi connectivity index (χ1) is 9.56. The van der Waals surface area contributed by atoms with Crippen LogP contribution in [0.1, 0.15) is 39.0 Å². The van der Waals surface area contributed by atoms with E-state index >= 15 is 0 Å². The van der Waals surface area contributed by atoms with Gasteiger partial charge in [0.25, 0.3) is 0 Å². The van der Waals surface area contributed by atoms with Gasteiger partial charge in [0, 0.05) is 19.7 Å². The van der Waals surface area contributed by atoms with Gasteiger partial charge in [-0.15, -0.1) is 0 Å². The van der Waals surface area contributed by atoms with Crippen LogP contribution < -0.4 is 0 Å². The number of aliphatic hydroxyl groups is 1. The molecule has 0 radical (unpaired) electrons. The van der Waals surface area contributed by atoms with Crippen molar-refractivity contribution in [1.82, 2.24) is 4.90 Å². The van der Waals surface area contributed by atoms with E-state index in [1.54, 1.807) is 0 Å². The summed E-state index contributed by atoms with van der Waals surface area (Å²) < 4.78 is 0. The lowest BCUT2D eigenvalue weighted by atomic mass is 9.92. The average Bonchev–Trinajstić information content (AvgIpc) is 2.91. The Morgan fingerprint density at radius 3 is 2.20 bits per heavy atom. The Kier molecular flexibility index (Phi) is 5.02. The van der Waals surface area contributed by atoms with Crippen LogP contribution >= 0.6 is 0 Å². The first kappa shape index (κ1) is 15.3. The maximum Gasteiger partial charge on any atom is 0.307 e. The molecule has 0 bridgehead atoms. The van der Waals surface area contributed by atoms with E-state index in [0.717, 1.165) is 19.3 Å². The fourth-order valence-electron chi connectivity index (χ4n) is 3.59. The number of hydrogen-bond donors (Lipinski definition) is 2. The number of carbonyl (C=O) groups is 2. The molecule has 2 rings (SSSR count). The molecule has 1 saturated carbocycles. The van der Waals surface area contributed by atoms with Crippen molar-refractivity contribution in [3.8, 4) is 0 Å². The second-order valence-electron chi connectivity index (χ2n) is 6.25. The van der Waals surface area contributed by atoms with E-state index in [1.807, 2.05) is 4.90 Å².